The van der Waals surface area contributed by atoms with Crippen LogP contribution in [0.1, 0.15) is 36.5 Å². The van der Waals surface area contributed by atoms with Crippen LogP contribution in [0.25, 0.3) is 0 Å². The fourth-order valence-electron chi connectivity index (χ4n) is 1.81. The second-order valence-electron chi connectivity index (χ2n) is 4.01. The van der Waals surface area contributed by atoms with Crippen LogP contribution < -0.4 is 5.73 Å². The zero-order chi connectivity index (χ0) is 12.8. The normalized spacial score (nSPS) is 10.6. The molecule has 0 aromatic carbocycles. The van der Waals surface area contributed by atoms with Crippen molar-refractivity contribution in [1.29, 1.82) is 0 Å². The summed E-state index contributed by atoms with van der Waals surface area (Å²) in [6.45, 7) is 8.60. The van der Waals surface area contributed by atoms with Gasteiger partial charge in [-0.3, -0.25) is 9.48 Å². The van der Waals surface area contributed by atoms with Crippen molar-refractivity contribution in [3.8, 4) is 0 Å². The quantitative estimate of drug-likeness (QED) is 0.805. The molecule has 0 atom stereocenters. The summed E-state index contributed by atoms with van der Waals surface area (Å²) in [4.78, 5) is 14.1. The van der Waals surface area contributed by atoms with Crippen LogP contribution in [-0.2, 0) is 6.54 Å². The predicted octanol–water partition coefficient (Wildman–Crippen LogP) is 1.02. The molecule has 0 aliphatic carbocycles. The third-order valence-electron chi connectivity index (χ3n) is 2.72. The lowest BCUT2D eigenvalue weighted by molar-refractivity contribution is 0.0751. The number of nitrogens with two attached hydrogens (primary N) is 1. The molecule has 0 bridgehead atoms. The van der Waals surface area contributed by atoms with Crippen molar-refractivity contribution in [1.82, 2.24) is 14.7 Å². The fourth-order valence-corrected chi connectivity index (χ4v) is 1.81. The monoisotopic (exact) mass is 238 g/mol. The number of carbonyl (C=O) groups excluding carboxylic acids is 1. The van der Waals surface area contributed by atoms with E-state index in [2.05, 4.69) is 5.10 Å². The molecule has 0 radical (unpaired) electrons. The van der Waals surface area contributed by atoms with Gasteiger partial charge in [0.15, 0.2) is 0 Å². The number of carbonyl (C=O) groups is 1. The molecule has 96 valence electrons. The van der Waals surface area contributed by atoms with Gasteiger partial charge in [-0.1, -0.05) is 0 Å². The van der Waals surface area contributed by atoms with Gasteiger partial charge in [0.25, 0.3) is 5.91 Å². The third kappa shape index (κ3) is 3.30. The van der Waals surface area contributed by atoms with Crippen molar-refractivity contribution in [2.45, 2.75) is 33.7 Å². The summed E-state index contributed by atoms with van der Waals surface area (Å²) >= 11 is 0. The van der Waals surface area contributed by atoms with Gasteiger partial charge < -0.3 is 10.6 Å². The maximum Gasteiger partial charge on any atom is 0.272 e. The van der Waals surface area contributed by atoms with E-state index in [0.29, 0.717) is 31.9 Å². The van der Waals surface area contributed by atoms with Gasteiger partial charge in [0.1, 0.15) is 5.69 Å². The molecule has 1 amide bonds. The Morgan fingerprint density at radius 2 is 2.24 bits per heavy atom. The standard InChI is InChI=1S/C12H22N4O/c1-4-15(8-6-7-13)12(17)11-9-10(3)14-16(11)5-2/h9H,4-8,13H2,1-3H3. The highest BCUT2D eigenvalue weighted by Crippen LogP contribution is 2.08. The number of hydrogen-bond donors (Lipinski definition) is 1. The average molecular weight is 238 g/mol. The van der Waals surface area contributed by atoms with Crippen LogP contribution in [0.2, 0.25) is 0 Å². The van der Waals surface area contributed by atoms with Gasteiger partial charge in [0.2, 0.25) is 0 Å². The second-order valence-corrected chi connectivity index (χ2v) is 4.01. The minimum atomic E-state index is 0.0448. The zero-order valence-electron chi connectivity index (χ0n) is 10.9. The van der Waals surface area contributed by atoms with Crippen LogP contribution in [0.4, 0.5) is 0 Å². The molecule has 5 heteroatoms. The van der Waals surface area contributed by atoms with Crippen molar-refractivity contribution in [2.75, 3.05) is 19.6 Å². The SMILES string of the molecule is CCN(CCCN)C(=O)c1cc(C)nn1CC. The molecule has 0 fully saturated rings. The van der Waals surface area contributed by atoms with Crippen molar-refractivity contribution in [2.24, 2.45) is 5.73 Å². The molecule has 2 N–H and O–H groups in total. The summed E-state index contributed by atoms with van der Waals surface area (Å²) in [7, 11) is 0. The van der Waals surface area contributed by atoms with E-state index in [1.165, 1.54) is 0 Å². The number of amides is 1. The van der Waals surface area contributed by atoms with Crippen LogP contribution in [0.15, 0.2) is 6.07 Å². The van der Waals surface area contributed by atoms with Gasteiger partial charge in [-0.15, -0.1) is 0 Å². The number of aryl methyl sites for hydroxylation is 2. The van der Waals surface area contributed by atoms with E-state index >= 15 is 0 Å². The third-order valence-corrected chi connectivity index (χ3v) is 2.72. The van der Waals surface area contributed by atoms with Crippen LogP contribution in [-0.4, -0.2) is 40.2 Å². The molecular weight excluding hydrogens is 216 g/mol. The molecule has 0 saturated carbocycles. The summed E-state index contributed by atoms with van der Waals surface area (Å²) in [5.41, 5.74) is 7.02. The lowest BCUT2D eigenvalue weighted by Crippen LogP contribution is -2.34. The molecule has 0 aliphatic rings. The fraction of sp³-hybridized carbons (Fsp3) is 0.667. The average Bonchev–Trinajstić information content (AvgIpc) is 2.71. The first-order chi connectivity index (χ1) is 8.13. The number of rotatable bonds is 6. The molecule has 1 rings (SSSR count). The molecular formula is C12H22N4O. The first-order valence-corrected chi connectivity index (χ1v) is 6.17. The predicted molar refractivity (Wildman–Crippen MR) is 67.9 cm³/mol. The minimum absolute atomic E-state index is 0.0448. The Bertz CT molecular complexity index is 373. The van der Waals surface area contributed by atoms with E-state index in [4.69, 9.17) is 5.73 Å². The molecule has 1 heterocycles. The van der Waals surface area contributed by atoms with Crippen molar-refractivity contribution in [3.05, 3.63) is 17.5 Å². The highest BCUT2D eigenvalue weighted by atomic mass is 16.2. The highest BCUT2D eigenvalue weighted by molar-refractivity contribution is 5.92. The largest absolute Gasteiger partial charge is 0.338 e. The second kappa shape index (κ2) is 6.39. The first-order valence-electron chi connectivity index (χ1n) is 6.17. The summed E-state index contributed by atoms with van der Waals surface area (Å²) < 4.78 is 1.75. The summed E-state index contributed by atoms with van der Waals surface area (Å²) in [6.07, 6.45) is 0.832. The Labute approximate surface area is 103 Å². The van der Waals surface area contributed by atoms with Gasteiger partial charge in [0, 0.05) is 19.6 Å². The number of hydrogen-bond acceptors (Lipinski definition) is 3. The molecule has 0 unspecified atom stereocenters. The lowest BCUT2D eigenvalue weighted by atomic mass is 10.3. The summed E-state index contributed by atoms with van der Waals surface area (Å²) in [6, 6.07) is 1.84. The van der Waals surface area contributed by atoms with E-state index < -0.39 is 0 Å². The Hall–Kier alpha value is -1.36. The molecule has 5 nitrogen and oxygen atoms in total. The molecule has 0 spiro atoms. The minimum Gasteiger partial charge on any atom is -0.338 e. The van der Waals surface area contributed by atoms with Crippen molar-refractivity contribution < 1.29 is 4.79 Å². The topological polar surface area (TPSA) is 64.2 Å². The molecule has 1 aromatic rings. The highest BCUT2D eigenvalue weighted by Gasteiger charge is 2.18. The summed E-state index contributed by atoms with van der Waals surface area (Å²) in [5, 5.41) is 4.29. The smallest absolute Gasteiger partial charge is 0.272 e. The van der Waals surface area contributed by atoms with E-state index in [1.807, 2.05) is 31.7 Å². The van der Waals surface area contributed by atoms with Crippen LogP contribution in [0.5, 0.6) is 0 Å². The summed E-state index contributed by atoms with van der Waals surface area (Å²) in [5.74, 6) is 0.0448. The van der Waals surface area contributed by atoms with E-state index in [9.17, 15) is 4.79 Å². The Morgan fingerprint density at radius 1 is 1.53 bits per heavy atom. The Kier molecular flexibility index (Phi) is 5.15. The first kappa shape index (κ1) is 13.7. The van der Waals surface area contributed by atoms with Crippen LogP contribution >= 0.6 is 0 Å². The maximum atomic E-state index is 12.3. The van der Waals surface area contributed by atoms with Gasteiger partial charge in [-0.25, -0.2) is 0 Å². The number of nitrogens with zero attached hydrogens (tertiary/aromatic N) is 3. The van der Waals surface area contributed by atoms with Crippen LogP contribution in [0.3, 0.4) is 0 Å². The molecule has 0 saturated heterocycles. The maximum absolute atomic E-state index is 12.3. The van der Waals surface area contributed by atoms with E-state index in [-0.39, 0.29) is 5.91 Å². The number of aromatic nitrogens is 2. The lowest BCUT2D eigenvalue weighted by Gasteiger charge is -2.20. The van der Waals surface area contributed by atoms with Crippen molar-refractivity contribution >= 4 is 5.91 Å². The van der Waals surface area contributed by atoms with E-state index in [1.54, 1.807) is 4.68 Å². The molecule has 0 aliphatic heterocycles. The molecule has 1 aromatic heterocycles. The van der Waals surface area contributed by atoms with E-state index in [0.717, 1.165) is 12.1 Å². The van der Waals surface area contributed by atoms with Gasteiger partial charge in [0.05, 0.1) is 5.69 Å². The van der Waals surface area contributed by atoms with Crippen LogP contribution in [0, 0.1) is 6.92 Å². The van der Waals surface area contributed by atoms with Gasteiger partial charge in [-0.2, -0.15) is 5.10 Å². The zero-order valence-corrected chi connectivity index (χ0v) is 10.9. The van der Waals surface area contributed by atoms with Gasteiger partial charge >= 0.3 is 0 Å². The van der Waals surface area contributed by atoms with Crippen molar-refractivity contribution in [3.63, 3.8) is 0 Å². The molecule has 17 heavy (non-hydrogen) atoms. The van der Waals surface area contributed by atoms with Gasteiger partial charge in [-0.05, 0) is 39.8 Å². The Balaban J connectivity index is 2.85. The Morgan fingerprint density at radius 3 is 2.76 bits per heavy atom.